The molecule has 13 heteroatoms. The lowest BCUT2D eigenvalue weighted by Gasteiger charge is -2.37. The smallest absolute Gasteiger partial charge is 0.246 e. The zero-order valence-electron chi connectivity index (χ0n) is 33.2. The summed E-state index contributed by atoms with van der Waals surface area (Å²) in [5.41, 5.74) is 2.89. The van der Waals surface area contributed by atoms with E-state index in [2.05, 4.69) is 22.9 Å². The van der Waals surface area contributed by atoms with E-state index in [0.29, 0.717) is 12.8 Å². The Morgan fingerprint density at radius 3 is 1.32 bits per heavy atom. The molecule has 1 fully saturated rings. The fourth-order valence-electron chi connectivity index (χ4n) is 6.92. The van der Waals surface area contributed by atoms with Gasteiger partial charge in [-0.1, -0.05) is 131 Å². The molecule has 3 aromatic rings. The summed E-state index contributed by atoms with van der Waals surface area (Å²) in [7, 11) is 4.42. The lowest BCUT2D eigenvalue weighted by molar-refractivity contribution is -0.142. The zero-order valence-corrected chi connectivity index (χ0v) is 34.0. The first-order valence-corrected chi connectivity index (χ1v) is 20.3. The summed E-state index contributed by atoms with van der Waals surface area (Å²) >= 11 is 1.48. The van der Waals surface area contributed by atoms with Gasteiger partial charge in [0.05, 0.1) is 24.4 Å². The number of hydrogen-bond acceptors (Lipinski definition) is 7. The summed E-state index contributed by atoms with van der Waals surface area (Å²) < 4.78 is -0.812. The zero-order chi connectivity index (χ0) is 40.7. The Morgan fingerprint density at radius 2 is 0.911 bits per heavy atom. The van der Waals surface area contributed by atoms with Crippen molar-refractivity contribution in [2.24, 2.45) is 0 Å². The summed E-state index contributed by atoms with van der Waals surface area (Å²) in [4.78, 5) is 85.6. The van der Waals surface area contributed by atoms with E-state index in [1.54, 1.807) is 6.92 Å². The van der Waals surface area contributed by atoms with Crippen molar-refractivity contribution < 1.29 is 28.8 Å². The predicted molar refractivity (Wildman–Crippen MR) is 219 cm³/mol. The number of benzene rings is 3. The highest BCUT2D eigenvalue weighted by Gasteiger charge is 2.39. The molecule has 1 aliphatic rings. The molecule has 300 valence electrons. The van der Waals surface area contributed by atoms with Gasteiger partial charge in [-0.2, -0.15) is 0 Å². The first-order chi connectivity index (χ1) is 26.9. The number of nitrogens with zero attached hydrogens (tertiary/aromatic N) is 3. The van der Waals surface area contributed by atoms with Crippen molar-refractivity contribution in [2.75, 3.05) is 46.5 Å². The Hall–Kier alpha value is -5.17. The van der Waals surface area contributed by atoms with Gasteiger partial charge in [0.1, 0.15) is 18.1 Å². The maximum atomic E-state index is 14.3. The highest BCUT2D eigenvalue weighted by Crippen LogP contribution is 2.48. The molecule has 56 heavy (non-hydrogen) atoms. The number of carbonyl (C=O) groups is 6. The standard InChI is InChI=1S/C43H56N6O6S/c1-6-8-9-19-26-35-41(54)48(4)29-39(52)46-36(42(55)49(5)27-37(50)44-34(7-2)40(53)47(3)28-38(51)45-35)30-56-43(31-20-13-10-14-21-31,32-22-15-11-16-23-32)33-24-17-12-18-25-33/h10-18,20-25,34-36H,6-9,19,26-30H2,1-5H3,(H,44,50)(H,45,51)(H,46,52)/t34-,35-,36-/m0/s1. The highest BCUT2D eigenvalue weighted by atomic mass is 32.2. The molecule has 3 atom stereocenters. The van der Waals surface area contributed by atoms with Gasteiger partial charge in [-0.05, 0) is 29.5 Å². The van der Waals surface area contributed by atoms with Gasteiger partial charge in [0, 0.05) is 26.9 Å². The number of thioether (sulfide) groups is 1. The lowest BCUT2D eigenvalue weighted by atomic mass is 9.84. The van der Waals surface area contributed by atoms with Crippen LogP contribution in [0.1, 0.15) is 69.1 Å². The minimum absolute atomic E-state index is 0.0872. The van der Waals surface area contributed by atoms with Gasteiger partial charge in [-0.25, -0.2) is 0 Å². The molecule has 4 rings (SSSR count). The first-order valence-electron chi connectivity index (χ1n) is 19.3. The third kappa shape index (κ3) is 11.4. The lowest BCUT2D eigenvalue weighted by Crippen LogP contribution is -2.56. The van der Waals surface area contributed by atoms with E-state index >= 15 is 0 Å². The molecule has 0 spiro atoms. The second-order valence-corrected chi connectivity index (χ2v) is 15.5. The highest BCUT2D eigenvalue weighted by molar-refractivity contribution is 8.00. The Bertz CT molecular complexity index is 1680. The fourth-order valence-corrected chi connectivity index (χ4v) is 8.47. The normalized spacial score (nSPS) is 19.9. The van der Waals surface area contributed by atoms with E-state index in [9.17, 15) is 28.8 Å². The number of amides is 6. The van der Waals surface area contributed by atoms with Crippen LogP contribution in [0.5, 0.6) is 0 Å². The molecular weight excluding hydrogens is 729 g/mol. The van der Waals surface area contributed by atoms with Crippen LogP contribution in [0, 0.1) is 0 Å². The Morgan fingerprint density at radius 1 is 0.536 bits per heavy atom. The number of rotatable bonds is 12. The molecule has 0 saturated carbocycles. The van der Waals surface area contributed by atoms with Gasteiger partial charge in [-0.15, -0.1) is 11.8 Å². The van der Waals surface area contributed by atoms with E-state index in [4.69, 9.17) is 0 Å². The number of hydrogen-bond donors (Lipinski definition) is 3. The van der Waals surface area contributed by atoms with Crippen molar-refractivity contribution in [1.29, 1.82) is 0 Å². The third-order valence-electron chi connectivity index (χ3n) is 9.93. The maximum absolute atomic E-state index is 14.3. The fraction of sp³-hybridized carbons (Fsp3) is 0.442. The number of likely N-dealkylation sites (N-methyl/N-ethyl adjacent to an activating group) is 3. The van der Waals surface area contributed by atoms with Crippen molar-refractivity contribution in [3.05, 3.63) is 108 Å². The summed E-state index contributed by atoms with van der Waals surface area (Å²) in [5.74, 6) is -3.03. The van der Waals surface area contributed by atoms with Crippen LogP contribution >= 0.6 is 11.8 Å². The molecular formula is C43H56N6O6S. The van der Waals surface area contributed by atoms with Gasteiger partial charge in [-0.3, -0.25) is 28.8 Å². The molecule has 0 bridgehead atoms. The van der Waals surface area contributed by atoms with E-state index in [-0.39, 0.29) is 31.8 Å². The van der Waals surface area contributed by atoms with E-state index < -0.39 is 58.3 Å². The van der Waals surface area contributed by atoms with Gasteiger partial charge in [0.2, 0.25) is 35.4 Å². The van der Waals surface area contributed by atoms with E-state index in [0.717, 1.165) is 36.0 Å². The monoisotopic (exact) mass is 784 g/mol. The van der Waals surface area contributed by atoms with Crippen LogP contribution in [-0.4, -0.2) is 115 Å². The average molecular weight is 785 g/mol. The summed E-state index contributed by atoms with van der Waals surface area (Å²) in [6.07, 6.45) is 4.09. The van der Waals surface area contributed by atoms with Crippen LogP contribution in [0.15, 0.2) is 91.0 Å². The largest absolute Gasteiger partial charge is 0.343 e. The topological polar surface area (TPSA) is 148 Å². The van der Waals surface area contributed by atoms with E-state index in [1.165, 1.54) is 47.6 Å². The summed E-state index contributed by atoms with van der Waals surface area (Å²) in [6, 6.07) is 26.8. The van der Waals surface area contributed by atoms with Gasteiger partial charge in [0.25, 0.3) is 0 Å². The van der Waals surface area contributed by atoms with Gasteiger partial charge >= 0.3 is 0 Å². The molecule has 1 saturated heterocycles. The minimum atomic E-state index is -1.12. The van der Waals surface area contributed by atoms with Crippen molar-refractivity contribution in [3.63, 3.8) is 0 Å². The molecule has 0 radical (unpaired) electrons. The third-order valence-corrected chi connectivity index (χ3v) is 11.6. The van der Waals surface area contributed by atoms with Crippen molar-refractivity contribution in [2.45, 2.75) is 75.2 Å². The SMILES string of the molecule is CCCCCC[C@@H]1NC(=O)CN(C)C(=O)[C@H](CC)NC(=O)CN(C)C(=O)[C@H](CSC(c2ccccc2)(c2ccccc2)c2ccccc2)NC(=O)CN(C)C1=O. The van der Waals surface area contributed by atoms with E-state index in [1.807, 2.05) is 91.0 Å². The van der Waals surface area contributed by atoms with Crippen LogP contribution < -0.4 is 16.0 Å². The first kappa shape index (κ1) is 43.6. The van der Waals surface area contributed by atoms with Crippen LogP contribution in [-0.2, 0) is 33.5 Å². The molecule has 3 N–H and O–H groups in total. The second kappa shape index (κ2) is 21.2. The molecule has 1 heterocycles. The van der Waals surface area contributed by atoms with Crippen LogP contribution in [0.2, 0.25) is 0 Å². The molecule has 1 aliphatic heterocycles. The number of unbranched alkanes of at least 4 members (excludes halogenated alkanes) is 3. The molecule has 0 aliphatic carbocycles. The number of nitrogens with one attached hydrogen (secondary N) is 3. The molecule has 3 aromatic carbocycles. The Labute approximate surface area is 335 Å². The van der Waals surface area contributed by atoms with Crippen LogP contribution in [0.3, 0.4) is 0 Å². The molecule has 0 unspecified atom stereocenters. The molecule has 12 nitrogen and oxygen atoms in total. The maximum Gasteiger partial charge on any atom is 0.246 e. The Kier molecular flexibility index (Phi) is 16.5. The van der Waals surface area contributed by atoms with Gasteiger partial charge in [0.15, 0.2) is 0 Å². The quantitative estimate of drug-likeness (QED) is 0.186. The minimum Gasteiger partial charge on any atom is -0.343 e. The van der Waals surface area contributed by atoms with Crippen molar-refractivity contribution in [1.82, 2.24) is 30.7 Å². The Balaban J connectivity index is 1.73. The van der Waals surface area contributed by atoms with Crippen molar-refractivity contribution >= 4 is 47.2 Å². The predicted octanol–water partition coefficient (Wildman–Crippen LogP) is 3.94. The average Bonchev–Trinajstić information content (AvgIpc) is 3.20. The number of carbonyl (C=O) groups excluding carboxylic acids is 6. The molecule has 0 aromatic heterocycles. The van der Waals surface area contributed by atoms with Gasteiger partial charge < -0.3 is 30.7 Å². The second-order valence-electron chi connectivity index (χ2n) is 14.3. The summed E-state index contributed by atoms with van der Waals surface area (Å²) in [6.45, 7) is 2.72. The summed E-state index contributed by atoms with van der Waals surface area (Å²) in [5, 5.41) is 8.38. The molecule has 6 amide bonds. The van der Waals surface area contributed by atoms with Crippen LogP contribution in [0.4, 0.5) is 0 Å². The van der Waals surface area contributed by atoms with Crippen LogP contribution in [0.25, 0.3) is 0 Å². The van der Waals surface area contributed by atoms with Crippen molar-refractivity contribution in [3.8, 4) is 0 Å².